The molecule has 0 aliphatic carbocycles. The zero-order valence-electron chi connectivity index (χ0n) is 16.9. The zero-order valence-corrected chi connectivity index (χ0v) is 17.7. The normalized spacial score (nSPS) is 10.6. The second-order valence-corrected chi connectivity index (χ2v) is 7.10. The molecule has 2 aromatic heterocycles. The van der Waals surface area contributed by atoms with Gasteiger partial charge in [0.25, 0.3) is 11.8 Å². The standard InChI is InChI=1S/C21H20ClN5O3/c1-11-8-14(13(3)28)10-15(20(29)23-4)18(11)25-21(30)17-9-12(2)26-27(17)19-16(22)6-5-7-24-19/h5-10H,1-4H3,(H,23,29)(H,25,30). The Morgan fingerprint density at radius 3 is 2.47 bits per heavy atom. The third-order valence-corrected chi connectivity index (χ3v) is 4.75. The fourth-order valence-corrected chi connectivity index (χ4v) is 3.21. The molecule has 0 fully saturated rings. The van der Waals surface area contributed by atoms with Gasteiger partial charge in [0.15, 0.2) is 11.6 Å². The Balaban J connectivity index is 2.07. The number of benzene rings is 1. The van der Waals surface area contributed by atoms with Crippen LogP contribution in [0, 0.1) is 13.8 Å². The number of nitrogens with one attached hydrogen (secondary N) is 2. The predicted octanol–water partition coefficient (Wildman–Crippen LogP) is 3.35. The van der Waals surface area contributed by atoms with E-state index >= 15 is 0 Å². The van der Waals surface area contributed by atoms with Crippen LogP contribution in [-0.2, 0) is 0 Å². The molecule has 0 bridgehead atoms. The van der Waals surface area contributed by atoms with Gasteiger partial charge in [-0.3, -0.25) is 14.4 Å². The summed E-state index contributed by atoms with van der Waals surface area (Å²) < 4.78 is 1.35. The molecule has 0 spiro atoms. The molecule has 1 aromatic carbocycles. The zero-order chi connectivity index (χ0) is 22.0. The number of anilines is 1. The Hall–Kier alpha value is -3.52. The third-order valence-electron chi connectivity index (χ3n) is 4.46. The smallest absolute Gasteiger partial charge is 0.274 e. The van der Waals surface area contributed by atoms with Crippen molar-refractivity contribution in [2.45, 2.75) is 20.8 Å². The van der Waals surface area contributed by atoms with Crippen LogP contribution in [-0.4, -0.2) is 39.4 Å². The lowest BCUT2D eigenvalue weighted by molar-refractivity contribution is 0.0964. The summed E-state index contributed by atoms with van der Waals surface area (Å²) in [6.45, 7) is 4.87. The molecule has 2 amide bonds. The van der Waals surface area contributed by atoms with E-state index in [2.05, 4.69) is 20.7 Å². The van der Waals surface area contributed by atoms with E-state index in [-0.39, 0.29) is 17.0 Å². The Labute approximate surface area is 178 Å². The van der Waals surface area contributed by atoms with Gasteiger partial charge in [-0.25, -0.2) is 9.67 Å². The fourth-order valence-electron chi connectivity index (χ4n) is 3.00. The van der Waals surface area contributed by atoms with Crippen molar-refractivity contribution in [3.8, 4) is 5.82 Å². The first-order chi connectivity index (χ1) is 14.2. The summed E-state index contributed by atoms with van der Waals surface area (Å²) in [5.41, 5.74) is 2.25. The summed E-state index contributed by atoms with van der Waals surface area (Å²) in [6, 6.07) is 8.01. The minimum Gasteiger partial charge on any atom is -0.355 e. The molecule has 0 saturated carbocycles. The van der Waals surface area contributed by atoms with E-state index in [1.165, 1.54) is 24.7 Å². The lowest BCUT2D eigenvalue weighted by Gasteiger charge is -2.15. The van der Waals surface area contributed by atoms with E-state index in [1.54, 1.807) is 44.3 Å². The van der Waals surface area contributed by atoms with Crippen LogP contribution in [0.1, 0.15) is 49.4 Å². The lowest BCUT2D eigenvalue weighted by Crippen LogP contribution is -2.24. The molecule has 0 saturated heterocycles. The Morgan fingerprint density at radius 1 is 1.10 bits per heavy atom. The van der Waals surface area contributed by atoms with Crippen LogP contribution >= 0.6 is 11.6 Å². The molecule has 3 rings (SSSR count). The van der Waals surface area contributed by atoms with Gasteiger partial charge in [0, 0.05) is 18.8 Å². The maximum absolute atomic E-state index is 13.1. The Kier molecular flexibility index (Phi) is 5.98. The molecule has 0 aliphatic rings. The number of Topliss-reactive ketones (excluding diaryl/α,β-unsaturated/α-hetero) is 1. The number of aromatic nitrogens is 3. The fraction of sp³-hybridized carbons (Fsp3) is 0.190. The average Bonchev–Trinajstić information content (AvgIpc) is 3.10. The van der Waals surface area contributed by atoms with Crippen molar-refractivity contribution in [3.05, 3.63) is 69.6 Å². The minimum absolute atomic E-state index is 0.181. The number of nitrogens with zero attached hydrogens (tertiary/aromatic N) is 3. The summed E-state index contributed by atoms with van der Waals surface area (Å²) in [5.74, 6) is -0.790. The number of pyridine rings is 1. The second kappa shape index (κ2) is 8.46. The minimum atomic E-state index is -0.499. The topological polar surface area (TPSA) is 106 Å². The van der Waals surface area contributed by atoms with Gasteiger partial charge < -0.3 is 10.6 Å². The lowest BCUT2D eigenvalue weighted by atomic mass is 10.0. The molecule has 0 unspecified atom stereocenters. The van der Waals surface area contributed by atoms with Crippen molar-refractivity contribution in [3.63, 3.8) is 0 Å². The first kappa shape index (κ1) is 21.2. The Bertz CT molecular complexity index is 1170. The van der Waals surface area contributed by atoms with Crippen LogP contribution in [0.3, 0.4) is 0 Å². The summed E-state index contributed by atoms with van der Waals surface area (Å²) in [7, 11) is 1.48. The van der Waals surface area contributed by atoms with E-state index in [4.69, 9.17) is 11.6 Å². The van der Waals surface area contributed by atoms with Gasteiger partial charge in [0.05, 0.1) is 22.0 Å². The summed E-state index contributed by atoms with van der Waals surface area (Å²) >= 11 is 6.22. The highest BCUT2D eigenvalue weighted by Crippen LogP contribution is 2.25. The summed E-state index contributed by atoms with van der Waals surface area (Å²) in [6.07, 6.45) is 1.55. The van der Waals surface area contributed by atoms with E-state index in [0.29, 0.717) is 33.3 Å². The monoisotopic (exact) mass is 425 g/mol. The van der Waals surface area contributed by atoms with E-state index in [1.807, 2.05) is 0 Å². The van der Waals surface area contributed by atoms with Crippen LogP contribution in [0.4, 0.5) is 5.69 Å². The molecule has 0 radical (unpaired) electrons. The van der Waals surface area contributed by atoms with Gasteiger partial charge in [0.2, 0.25) is 0 Å². The molecule has 0 aliphatic heterocycles. The van der Waals surface area contributed by atoms with E-state index in [9.17, 15) is 14.4 Å². The first-order valence-electron chi connectivity index (χ1n) is 9.09. The van der Waals surface area contributed by atoms with Crippen molar-refractivity contribution in [2.24, 2.45) is 0 Å². The number of halogens is 1. The molecule has 154 valence electrons. The number of hydrogen-bond donors (Lipinski definition) is 2. The highest BCUT2D eigenvalue weighted by molar-refractivity contribution is 6.32. The molecule has 9 heteroatoms. The number of carbonyl (C=O) groups is 3. The maximum atomic E-state index is 13.1. The van der Waals surface area contributed by atoms with Crippen molar-refractivity contribution >= 4 is 34.9 Å². The van der Waals surface area contributed by atoms with Crippen LogP contribution in [0.2, 0.25) is 5.02 Å². The van der Waals surface area contributed by atoms with Crippen LogP contribution < -0.4 is 10.6 Å². The molecular weight excluding hydrogens is 406 g/mol. The van der Waals surface area contributed by atoms with Gasteiger partial charge >= 0.3 is 0 Å². The molecule has 2 N–H and O–H groups in total. The highest BCUT2D eigenvalue weighted by atomic mass is 35.5. The molecule has 30 heavy (non-hydrogen) atoms. The maximum Gasteiger partial charge on any atom is 0.274 e. The largest absolute Gasteiger partial charge is 0.355 e. The van der Waals surface area contributed by atoms with Crippen LogP contribution in [0.15, 0.2) is 36.5 Å². The Morgan fingerprint density at radius 2 is 1.83 bits per heavy atom. The van der Waals surface area contributed by atoms with Crippen LogP contribution in [0.5, 0.6) is 0 Å². The predicted molar refractivity (Wildman–Crippen MR) is 114 cm³/mol. The molecule has 3 aromatic rings. The average molecular weight is 426 g/mol. The van der Waals surface area contributed by atoms with Gasteiger partial charge in [-0.2, -0.15) is 5.10 Å². The van der Waals surface area contributed by atoms with Gasteiger partial charge in [-0.1, -0.05) is 11.6 Å². The number of amides is 2. The summed E-state index contributed by atoms with van der Waals surface area (Å²) in [4.78, 5) is 41.5. The molecule has 8 nitrogen and oxygen atoms in total. The molecule has 2 heterocycles. The van der Waals surface area contributed by atoms with E-state index in [0.717, 1.165) is 0 Å². The van der Waals surface area contributed by atoms with Crippen molar-refractivity contribution < 1.29 is 14.4 Å². The molecule has 0 atom stereocenters. The SMILES string of the molecule is CNC(=O)c1cc(C(C)=O)cc(C)c1NC(=O)c1cc(C)nn1-c1ncccc1Cl. The molecular formula is C21H20ClN5O3. The first-order valence-corrected chi connectivity index (χ1v) is 9.47. The number of carbonyl (C=O) groups excluding carboxylic acids is 3. The van der Waals surface area contributed by atoms with Crippen molar-refractivity contribution in [2.75, 3.05) is 12.4 Å². The van der Waals surface area contributed by atoms with Gasteiger partial charge in [-0.15, -0.1) is 0 Å². The number of rotatable bonds is 5. The third kappa shape index (κ3) is 4.08. The summed E-state index contributed by atoms with van der Waals surface area (Å²) in [5, 5.41) is 9.97. The van der Waals surface area contributed by atoms with Gasteiger partial charge in [0.1, 0.15) is 5.69 Å². The quantitative estimate of drug-likeness (QED) is 0.610. The van der Waals surface area contributed by atoms with Crippen LogP contribution in [0.25, 0.3) is 5.82 Å². The van der Waals surface area contributed by atoms with E-state index < -0.39 is 11.8 Å². The number of aryl methyl sites for hydroxylation is 2. The van der Waals surface area contributed by atoms with Crippen molar-refractivity contribution in [1.82, 2.24) is 20.1 Å². The van der Waals surface area contributed by atoms with Gasteiger partial charge in [-0.05, 0) is 56.7 Å². The second-order valence-electron chi connectivity index (χ2n) is 6.70. The van der Waals surface area contributed by atoms with Crippen molar-refractivity contribution in [1.29, 1.82) is 0 Å². The number of ketones is 1. The number of hydrogen-bond acceptors (Lipinski definition) is 5. The highest BCUT2D eigenvalue weighted by Gasteiger charge is 2.22.